The molecule has 0 atom stereocenters. The monoisotopic (exact) mass is 282 g/mol. The normalized spacial score (nSPS) is 19.7. The number of hydrogen-bond donors (Lipinski definition) is 1. The minimum atomic E-state index is 0.173. The van der Waals surface area contributed by atoms with Crippen LogP contribution in [0.5, 0.6) is 0 Å². The van der Waals surface area contributed by atoms with E-state index in [-0.39, 0.29) is 5.43 Å². The van der Waals surface area contributed by atoms with E-state index in [1.807, 2.05) is 6.07 Å². The van der Waals surface area contributed by atoms with Gasteiger partial charge in [-0.15, -0.1) is 0 Å². The van der Waals surface area contributed by atoms with Gasteiger partial charge in [-0.2, -0.15) is 0 Å². The lowest BCUT2D eigenvalue weighted by Crippen LogP contribution is -2.18. The average molecular weight is 282 g/mol. The van der Waals surface area contributed by atoms with E-state index in [1.54, 1.807) is 0 Å². The number of anilines is 1. The molecule has 2 heterocycles. The summed E-state index contributed by atoms with van der Waals surface area (Å²) >= 11 is 0. The Morgan fingerprint density at radius 2 is 1.76 bits per heavy atom. The molecule has 4 rings (SSSR count). The average Bonchev–Trinajstić information content (AvgIpc) is 3.20. The summed E-state index contributed by atoms with van der Waals surface area (Å²) in [5, 5.41) is 0.834. The first kappa shape index (κ1) is 12.9. The molecule has 2 aromatic rings. The summed E-state index contributed by atoms with van der Waals surface area (Å²) < 4.78 is 0. The number of hydrogen-bond acceptors (Lipinski definition) is 2. The highest BCUT2D eigenvalue weighted by Crippen LogP contribution is 2.33. The zero-order valence-electron chi connectivity index (χ0n) is 12.4. The second-order valence-electron chi connectivity index (χ2n) is 6.49. The second kappa shape index (κ2) is 5.21. The highest BCUT2D eigenvalue weighted by molar-refractivity contribution is 5.82. The smallest absolute Gasteiger partial charge is 0.189 e. The van der Waals surface area contributed by atoms with Gasteiger partial charge in [0.25, 0.3) is 0 Å². The first-order valence-corrected chi connectivity index (χ1v) is 8.23. The van der Waals surface area contributed by atoms with Gasteiger partial charge in [0, 0.05) is 41.4 Å². The Hall–Kier alpha value is -1.77. The van der Waals surface area contributed by atoms with Crippen LogP contribution >= 0.6 is 0 Å². The van der Waals surface area contributed by atoms with Crippen molar-refractivity contribution in [2.45, 2.75) is 44.4 Å². The Kier molecular flexibility index (Phi) is 3.21. The fourth-order valence-electron chi connectivity index (χ4n) is 3.88. The molecule has 0 unspecified atom stereocenters. The van der Waals surface area contributed by atoms with Gasteiger partial charge in [0.1, 0.15) is 0 Å². The van der Waals surface area contributed by atoms with Crippen molar-refractivity contribution in [1.82, 2.24) is 4.98 Å². The van der Waals surface area contributed by atoms with Crippen molar-refractivity contribution in [2.75, 3.05) is 18.0 Å². The minimum Gasteiger partial charge on any atom is -0.372 e. The predicted molar refractivity (Wildman–Crippen MR) is 87.2 cm³/mol. The van der Waals surface area contributed by atoms with Gasteiger partial charge in [0.05, 0.1) is 0 Å². The Labute approximate surface area is 125 Å². The Morgan fingerprint density at radius 1 is 1.00 bits per heavy atom. The molecule has 0 spiro atoms. The van der Waals surface area contributed by atoms with Crippen molar-refractivity contribution >= 4 is 16.6 Å². The number of fused-ring (bicyclic) bond motifs is 1. The minimum absolute atomic E-state index is 0.173. The van der Waals surface area contributed by atoms with E-state index in [4.69, 9.17) is 0 Å². The highest BCUT2D eigenvalue weighted by atomic mass is 16.1. The van der Waals surface area contributed by atoms with Crippen LogP contribution < -0.4 is 10.3 Å². The van der Waals surface area contributed by atoms with Crippen molar-refractivity contribution < 1.29 is 0 Å². The molecule has 1 aromatic heterocycles. The summed E-state index contributed by atoms with van der Waals surface area (Å²) in [6.07, 6.45) is 7.53. The van der Waals surface area contributed by atoms with Crippen molar-refractivity contribution in [3.8, 4) is 0 Å². The van der Waals surface area contributed by atoms with Crippen molar-refractivity contribution in [3.05, 3.63) is 40.2 Å². The molecule has 3 nitrogen and oxygen atoms in total. The van der Waals surface area contributed by atoms with E-state index in [1.165, 1.54) is 44.2 Å². The van der Waals surface area contributed by atoms with Gasteiger partial charge in [-0.25, -0.2) is 0 Å². The molecule has 1 saturated heterocycles. The summed E-state index contributed by atoms with van der Waals surface area (Å²) in [5.41, 5.74) is 3.50. The third kappa shape index (κ3) is 2.35. The van der Waals surface area contributed by atoms with Crippen LogP contribution in [0.4, 0.5) is 5.69 Å². The number of nitrogens with one attached hydrogen (secondary N) is 1. The molecule has 0 radical (unpaired) electrons. The van der Waals surface area contributed by atoms with Gasteiger partial charge in [-0.3, -0.25) is 4.79 Å². The third-order valence-electron chi connectivity index (χ3n) is 5.10. The molecule has 0 bridgehead atoms. The van der Waals surface area contributed by atoms with Crippen LogP contribution in [-0.4, -0.2) is 18.1 Å². The lowest BCUT2D eigenvalue weighted by Gasteiger charge is -2.18. The fourth-order valence-corrected chi connectivity index (χ4v) is 3.88. The first-order chi connectivity index (χ1) is 10.3. The van der Waals surface area contributed by atoms with Gasteiger partial charge in [0.15, 0.2) is 5.43 Å². The van der Waals surface area contributed by atoms with E-state index < -0.39 is 0 Å². The van der Waals surface area contributed by atoms with Gasteiger partial charge < -0.3 is 9.88 Å². The number of rotatable bonds is 2. The molecule has 2 fully saturated rings. The molecule has 1 aliphatic heterocycles. The lowest BCUT2D eigenvalue weighted by atomic mass is 10.0. The largest absolute Gasteiger partial charge is 0.372 e. The van der Waals surface area contributed by atoms with Crippen molar-refractivity contribution in [2.24, 2.45) is 0 Å². The molecule has 2 aliphatic rings. The van der Waals surface area contributed by atoms with Crippen LogP contribution in [0.1, 0.15) is 50.1 Å². The van der Waals surface area contributed by atoms with Gasteiger partial charge in [0.2, 0.25) is 0 Å². The summed E-state index contributed by atoms with van der Waals surface area (Å²) in [6, 6.07) is 8.15. The zero-order chi connectivity index (χ0) is 14.2. The maximum absolute atomic E-state index is 12.5. The van der Waals surface area contributed by atoms with E-state index in [9.17, 15) is 4.79 Å². The summed E-state index contributed by atoms with van der Waals surface area (Å²) in [6.45, 7) is 2.23. The number of benzene rings is 1. The molecule has 1 aliphatic carbocycles. The SMILES string of the molecule is O=c1cc(C2CCCC2)[nH]c2ccc(N3CCCC3)cc12. The second-order valence-corrected chi connectivity index (χ2v) is 6.49. The molecule has 110 valence electrons. The van der Waals surface area contributed by atoms with Crippen LogP contribution in [0.2, 0.25) is 0 Å². The molecule has 3 heteroatoms. The maximum atomic E-state index is 12.5. The fraction of sp³-hybridized carbons (Fsp3) is 0.500. The summed E-state index contributed by atoms with van der Waals surface area (Å²) in [4.78, 5) is 18.4. The van der Waals surface area contributed by atoms with E-state index >= 15 is 0 Å². The van der Waals surface area contributed by atoms with Crippen LogP contribution in [0.25, 0.3) is 10.9 Å². The maximum Gasteiger partial charge on any atom is 0.189 e. The third-order valence-corrected chi connectivity index (χ3v) is 5.10. The molecule has 1 aromatic carbocycles. The quantitative estimate of drug-likeness (QED) is 0.909. The lowest BCUT2D eigenvalue weighted by molar-refractivity contribution is 0.700. The van der Waals surface area contributed by atoms with Gasteiger partial charge in [-0.1, -0.05) is 12.8 Å². The van der Waals surface area contributed by atoms with Crippen LogP contribution in [-0.2, 0) is 0 Å². The number of H-pyrrole nitrogens is 1. The molecule has 1 saturated carbocycles. The Morgan fingerprint density at radius 3 is 2.52 bits per heavy atom. The van der Waals surface area contributed by atoms with Crippen LogP contribution in [0.15, 0.2) is 29.1 Å². The number of nitrogens with zero attached hydrogens (tertiary/aromatic N) is 1. The van der Waals surface area contributed by atoms with E-state index in [0.29, 0.717) is 5.92 Å². The molecular formula is C18H22N2O. The molecule has 1 N–H and O–H groups in total. The topological polar surface area (TPSA) is 36.1 Å². The van der Waals surface area contributed by atoms with E-state index in [0.717, 1.165) is 29.7 Å². The Balaban J connectivity index is 1.76. The standard InChI is InChI=1S/C18H22N2O/c21-18-12-17(13-5-1-2-6-13)19-16-8-7-14(11-15(16)18)20-9-3-4-10-20/h7-8,11-13H,1-6,9-10H2,(H,19,21). The predicted octanol–water partition coefficient (Wildman–Crippen LogP) is 3.79. The van der Waals surface area contributed by atoms with Crippen molar-refractivity contribution in [3.63, 3.8) is 0 Å². The number of aromatic nitrogens is 1. The molecule has 0 amide bonds. The molecular weight excluding hydrogens is 260 g/mol. The number of pyridine rings is 1. The van der Waals surface area contributed by atoms with Crippen molar-refractivity contribution in [1.29, 1.82) is 0 Å². The highest BCUT2D eigenvalue weighted by Gasteiger charge is 2.19. The van der Waals surface area contributed by atoms with Crippen LogP contribution in [0.3, 0.4) is 0 Å². The first-order valence-electron chi connectivity index (χ1n) is 8.23. The summed E-state index contributed by atoms with van der Waals surface area (Å²) in [7, 11) is 0. The van der Waals surface area contributed by atoms with Crippen LogP contribution in [0, 0.1) is 0 Å². The van der Waals surface area contributed by atoms with E-state index in [2.05, 4.69) is 28.1 Å². The van der Waals surface area contributed by atoms with Gasteiger partial charge in [-0.05, 0) is 49.8 Å². The van der Waals surface area contributed by atoms with Gasteiger partial charge >= 0.3 is 0 Å². The Bertz CT molecular complexity index is 707. The molecule has 21 heavy (non-hydrogen) atoms. The summed E-state index contributed by atoms with van der Waals surface area (Å²) in [5.74, 6) is 0.556. The zero-order valence-corrected chi connectivity index (χ0v) is 12.4. The number of aromatic amines is 1.